The van der Waals surface area contributed by atoms with E-state index in [2.05, 4.69) is 5.32 Å². The van der Waals surface area contributed by atoms with Gasteiger partial charge in [0.2, 0.25) is 11.8 Å². The molecule has 2 unspecified atom stereocenters. The summed E-state index contributed by atoms with van der Waals surface area (Å²) in [6, 6.07) is 9.57. The fraction of sp³-hybridized carbons (Fsp3) is 0.500. The number of nitrogens with one attached hydrogen (secondary N) is 1. The molecule has 0 aliphatic carbocycles. The Labute approximate surface area is 125 Å². The number of amides is 2. The summed E-state index contributed by atoms with van der Waals surface area (Å²) in [7, 11) is 1.63. The third kappa shape index (κ3) is 3.08. The Morgan fingerprint density at radius 1 is 1.38 bits per heavy atom. The number of likely N-dealkylation sites (tertiary alicyclic amines) is 1. The van der Waals surface area contributed by atoms with Gasteiger partial charge in [-0.15, -0.1) is 0 Å². The third-order valence-electron chi connectivity index (χ3n) is 4.30. The minimum absolute atomic E-state index is 0.0105. The molecule has 2 amide bonds. The predicted octanol–water partition coefficient (Wildman–Crippen LogP) is 0.714. The molecule has 5 heteroatoms. The second-order valence-corrected chi connectivity index (χ2v) is 5.85. The summed E-state index contributed by atoms with van der Waals surface area (Å²) in [6.45, 7) is 3.23. The van der Waals surface area contributed by atoms with Crippen LogP contribution in [0.5, 0.6) is 0 Å². The summed E-state index contributed by atoms with van der Waals surface area (Å²) in [4.78, 5) is 26.4. The molecule has 0 spiro atoms. The van der Waals surface area contributed by atoms with Gasteiger partial charge in [-0.3, -0.25) is 9.59 Å². The fourth-order valence-corrected chi connectivity index (χ4v) is 2.92. The fourth-order valence-electron chi connectivity index (χ4n) is 2.92. The first-order valence-corrected chi connectivity index (χ1v) is 7.28. The van der Waals surface area contributed by atoms with E-state index in [9.17, 15) is 9.59 Å². The molecule has 0 bridgehead atoms. The van der Waals surface area contributed by atoms with Gasteiger partial charge in [0.15, 0.2) is 0 Å². The van der Waals surface area contributed by atoms with Gasteiger partial charge in [0.1, 0.15) is 0 Å². The Hall–Kier alpha value is -1.88. The Morgan fingerprint density at radius 3 is 2.62 bits per heavy atom. The van der Waals surface area contributed by atoms with Gasteiger partial charge in [-0.05, 0) is 18.9 Å². The smallest absolute Gasteiger partial charge is 0.231 e. The number of carbonyl (C=O) groups is 2. The van der Waals surface area contributed by atoms with Crippen molar-refractivity contribution >= 4 is 11.8 Å². The number of nitrogens with two attached hydrogens (primary N) is 1. The molecular weight excluding hydrogens is 266 g/mol. The summed E-state index contributed by atoms with van der Waals surface area (Å²) in [5, 5.41) is 2.68. The van der Waals surface area contributed by atoms with E-state index in [-0.39, 0.29) is 24.3 Å². The van der Waals surface area contributed by atoms with Crippen LogP contribution < -0.4 is 11.1 Å². The van der Waals surface area contributed by atoms with E-state index in [0.717, 1.165) is 5.56 Å². The lowest BCUT2D eigenvalue weighted by molar-refractivity contribution is -0.133. The van der Waals surface area contributed by atoms with Crippen LogP contribution in [0.2, 0.25) is 0 Å². The summed E-state index contributed by atoms with van der Waals surface area (Å²) in [5.74, 6) is -0.337. The molecular formula is C16H23N3O2. The number of nitrogens with zero attached hydrogens (tertiary/aromatic N) is 1. The normalized spacial score (nSPS) is 22.9. The van der Waals surface area contributed by atoms with Gasteiger partial charge < -0.3 is 16.0 Å². The lowest BCUT2D eigenvalue weighted by atomic mass is 9.89. The van der Waals surface area contributed by atoms with Crippen LogP contribution in [0.15, 0.2) is 30.3 Å². The molecule has 21 heavy (non-hydrogen) atoms. The average molecular weight is 289 g/mol. The van der Waals surface area contributed by atoms with Crippen molar-refractivity contribution in [2.45, 2.75) is 19.3 Å². The van der Waals surface area contributed by atoms with Gasteiger partial charge in [0.25, 0.3) is 0 Å². The molecule has 1 aromatic rings. The van der Waals surface area contributed by atoms with Crippen molar-refractivity contribution in [1.29, 1.82) is 0 Å². The van der Waals surface area contributed by atoms with Gasteiger partial charge >= 0.3 is 0 Å². The Balaban J connectivity index is 2.12. The largest absolute Gasteiger partial charge is 0.359 e. The van der Waals surface area contributed by atoms with Gasteiger partial charge in [0, 0.05) is 26.7 Å². The second-order valence-electron chi connectivity index (χ2n) is 5.85. The third-order valence-corrected chi connectivity index (χ3v) is 4.30. The van der Waals surface area contributed by atoms with Gasteiger partial charge in [0.05, 0.1) is 11.3 Å². The Morgan fingerprint density at radius 2 is 2.05 bits per heavy atom. The molecule has 0 aromatic heterocycles. The molecule has 0 saturated carbocycles. The molecule has 1 aromatic carbocycles. The molecule has 2 rings (SSSR count). The maximum Gasteiger partial charge on any atom is 0.231 e. The second kappa shape index (κ2) is 6.26. The van der Waals surface area contributed by atoms with Crippen molar-refractivity contribution in [2.75, 3.05) is 26.7 Å². The van der Waals surface area contributed by atoms with Crippen LogP contribution in [-0.4, -0.2) is 43.4 Å². The molecule has 1 aliphatic heterocycles. The minimum atomic E-state index is -0.500. The van der Waals surface area contributed by atoms with Crippen LogP contribution in [0.25, 0.3) is 0 Å². The van der Waals surface area contributed by atoms with E-state index in [0.29, 0.717) is 19.5 Å². The predicted molar refractivity (Wildman–Crippen MR) is 81.6 cm³/mol. The molecule has 0 radical (unpaired) electrons. The van der Waals surface area contributed by atoms with E-state index in [1.807, 2.05) is 37.3 Å². The maximum absolute atomic E-state index is 12.7. The highest BCUT2D eigenvalue weighted by Crippen LogP contribution is 2.32. The van der Waals surface area contributed by atoms with Crippen LogP contribution in [0.3, 0.4) is 0 Å². The van der Waals surface area contributed by atoms with Crippen LogP contribution in [-0.2, 0) is 9.59 Å². The molecule has 1 fully saturated rings. The molecule has 114 valence electrons. The number of hydrogen-bond acceptors (Lipinski definition) is 3. The standard InChI is InChI=1S/C16H23N3O2/c1-16(15(21)18-2)8-9-19(11-16)14(20)13(10-17)12-6-4-3-5-7-12/h3-7,13H,8-11,17H2,1-2H3,(H,18,21). The van der Waals surface area contributed by atoms with E-state index < -0.39 is 5.41 Å². The van der Waals surface area contributed by atoms with E-state index in [1.165, 1.54) is 0 Å². The van der Waals surface area contributed by atoms with Crippen LogP contribution in [0, 0.1) is 5.41 Å². The molecule has 1 heterocycles. The van der Waals surface area contributed by atoms with Gasteiger partial charge in [-0.25, -0.2) is 0 Å². The van der Waals surface area contributed by atoms with Crippen LogP contribution in [0.4, 0.5) is 0 Å². The molecule has 1 aliphatic rings. The summed E-state index contributed by atoms with van der Waals surface area (Å²) in [6.07, 6.45) is 0.685. The summed E-state index contributed by atoms with van der Waals surface area (Å²) in [5.41, 5.74) is 6.23. The first-order chi connectivity index (χ1) is 10.0. The number of hydrogen-bond donors (Lipinski definition) is 2. The number of rotatable bonds is 4. The monoisotopic (exact) mass is 289 g/mol. The van der Waals surface area contributed by atoms with Crippen molar-refractivity contribution in [2.24, 2.45) is 11.1 Å². The van der Waals surface area contributed by atoms with Crippen molar-refractivity contribution in [3.63, 3.8) is 0 Å². The Kier molecular flexibility index (Phi) is 4.63. The highest BCUT2D eigenvalue weighted by atomic mass is 16.2. The lowest BCUT2D eigenvalue weighted by Gasteiger charge is -2.25. The number of carbonyl (C=O) groups excluding carboxylic acids is 2. The molecule has 1 saturated heterocycles. The first kappa shape index (κ1) is 15.5. The quantitative estimate of drug-likeness (QED) is 0.857. The van der Waals surface area contributed by atoms with E-state index in [1.54, 1.807) is 11.9 Å². The van der Waals surface area contributed by atoms with E-state index in [4.69, 9.17) is 5.73 Å². The van der Waals surface area contributed by atoms with E-state index >= 15 is 0 Å². The number of benzene rings is 1. The zero-order valence-electron chi connectivity index (χ0n) is 12.6. The molecule has 3 N–H and O–H groups in total. The zero-order valence-corrected chi connectivity index (χ0v) is 12.6. The van der Waals surface area contributed by atoms with Crippen molar-refractivity contribution in [1.82, 2.24) is 10.2 Å². The first-order valence-electron chi connectivity index (χ1n) is 7.28. The zero-order chi connectivity index (χ0) is 15.5. The highest BCUT2D eigenvalue weighted by Gasteiger charge is 2.42. The maximum atomic E-state index is 12.7. The van der Waals surface area contributed by atoms with Crippen LogP contribution in [0.1, 0.15) is 24.8 Å². The topological polar surface area (TPSA) is 75.4 Å². The Bertz CT molecular complexity index is 518. The lowest BCUT2D eigenvalue weighted by Crippen LogP contribution is -2.42. The van der Waals surface area contributed by atoms with Gasteiger partial charge in [-0.1, -0.05) is 30.3 Å². The SMILES string of the molecule is CNC(=O)C1(C)CCN(C(=O)C(CN)c2ccccc2)C1. The van der Waals surface area contributed by atoms with Crippen molar-refractivity contribution in [3.8, 4) is 0 Å². The van der Waals surface area contributed by atoms with Crippen molar-refractivity contribution in [3.05, 3.63) is 35.9 Å². The van der Waals surface area contributed by atoms with Gasteiger partial charge in [-0.2, -0.15) is 0 Å². The highest BCUT2D eigenvalue weighted by molar-refractivity contribution is 5.87. The average Bonchev–Trinajstić information content (AvgIpc) is 2.92. The van der Waals surface area contributed by atoms with Crippen molar-refractivity contribution < 1.29 is 9.59 Å². The summed E-state index contributed by atoms with van der Waals surface area (Å²) < 4.78 is 0. The molecule has 2 atom stereocenters. The van der Waals surface area contributed by atoms with Crippen LogP contribution >= 0.6 is 0 Å². The minimum Gasteiger partial charge on any atom is -0.359 e. The molecule has 5 nitrogen and oxygen atoms in total. The summed E-state index contributed by atoms with van der Waals surface area (Å²) >= 11 is 0.